The molecular formula is C20H26N4O3S2. The number of nitrogens with zero attached hydrogens (tertiary/aromatic N) is 3. The molecule has 1 N–H and O–H groups in total. The number of aromatic nitrogens is 3. The van der Waals surface area contributed by atoms with Gasteiger partial charge in [-0.15, -0.1) is 5.10 Å². The third kappa shape index (κ3) is 5.19. The number of hydrogen-bond donors (Lipinski definition) is 1. The van der Waals surface area contributed by atoms with E-state index in [1.807, 2.05) is 35.0 Å². The molecule has 4 rings (SSSR count). The van der Waals surface area contributed by atoms with Gasteiger partial charge in [-0.3, -0.25) is 4.79 Å². The lowest BCUT2D eigenvalue weighted by Gasteiger charge is -2.21. The van der Waals surface area contributed by atoms with Gasteiger partial charge in [-0.25, -0.2) is 18.1 Å². The van der Waals surface area contributed by atoms with Crippen LogP contribution >= 0.6 is 11.8 Å². The summed E-state index contributed by atoms with van der Waals surface area (Å²) in [5, 5.41) is 8.08. The number of carbonyl (C=O) groups excluding carboxylic acids is 1. The molecule has 29 heavy (non-hydrogen) atoms. The molecule has 1 amide bonds. The average molecular weight is 435 g/mol. The number of hydrogen-bond acceptors (Lipinski definition) is 6. The molecule has 0 spiro atoms. The zero-order chi connectivity index (χ0) is 20.3. The molecule has 0 unspecified atom stereocenters. The van der Waals surface area contributed by atoms with E-state index in [2.05, 4.69) is 10.4 Å². The molecule has 1 aliphatic carbocycles. The summed E-state index contributed by atoms with van der Waals surface area (Å²) in [4.78, 5) is 17.0. The van der Waals surface area contributed by atoms with E-state index in [4.69, 9.17) is 4.98 Å². The van der Waals surface area contributed by atoms with Gasteiger partial charge in [0.15, 0.2) is 9.84 Å². The number of para-hydroxylation sites is 1. The second kappa shape index (κ2) is 8.87. The van der Waals surface area contributed by atoms with Crippen molar-refractivity contribution in [1.82, 2.24) is 20.1 Å². The fourth-order valence-electron chi connectivity index (χ4n) is 4.06. The molecule has 1 aliphatic heterocycles. The van der Waals surface area contributed by atoms with Gasteiger partial charge in [0.2, 0.25) is 11.1 Å². The van der Waals surface area contributed by atoms with E-state index in [1.165, 1.54) is 31.0 Å². The zero-order valence-corrected chi connectivity index (χ0v) is 17.9. The first kappa shape index (κ1) is 20.4. The van der Waals surface area contributed by atoms with Crippen molar-refractivity contribution in [3.8, 4) is 5.69 Å². The van der Waals surface area contributed by atoms with Crippen molar-refractivity contribution in [2.45, 2.75) is 55.6 Å². The summed E-state index contributed by atoms with van der Waals surface area (Å²) in [6, 6.07) is 9.70. The molecule has 1 aromatic heterocycles. The maximum Gasteiger partial charge on any atom is 0.230 e. The first-order chi connectivity index (χ1) is 14.0. The number of sulfone groups is 1. The van der Waals surface area contributed by atoms with Crippen LogP contribution in [0, 0.1) is 0 Å². The third-order valence-corrected chi connectivity index (χ3v) is 8.12. The van der Waals surface area contributed by atoms with Gasteiger partial charge in [0, 0.05) is 12.0 Å². The van der Waals surface area contributed by atoms with Gasteiger partial charge in [-0.05, 0) is 31.4 Å². The fraction of sp³-hybridized carbons (Fsp3) is 0.550. The van der Waals surface area contributed by atoms with Crippen LogP contribution in [0.1, 0.15) is 50.3 Å². The lowest BCUT2D eigenvalue weighted by atomic mass is 9.88. The standard InChI is InChI=1S/C20H26N4O3S2/c25-18(21-16-11-12-29(26,27)14-16)13-28-20-22-19(15-7-3-1-4-8-15)24(23-20)17-9-5-2-6-10-17/h2,5-6,9-10,15-16H,1,3-4,7-8,11-14H2,(H,21,25)/t16-/m0/s1. The Morgan fingerprint density at radius 3 is 2.59 bits per heavy atom. The molecule has 0 bridgehead atoms. The Hall–Kier alpha value is -1.87. The van der Waals surface area contributed by atoms with E-state index in [-0.39, 0.29) is 29.2 Å². The Labute approximate surface area is 175 Å². The van der Waals surface area contributed by atoms with Gasteiger partial charge in [-0.2, -0.15) is 0 Å². The maximum atomic E-state index is 12.3. The zero-order valence-electron chi connectivity index (χ0n) is 16.3. The highest BCUT2D eigenvalue weighted by molar-refractivity contribution is 7.99. The normalized spacial score (nSPS) is 21.9. The van der Waals surface area contributed by atoms with Gasteiger partial charge in [0.1, 0.15) is 5.82 Å². The lowest BCUT2D eigenvalue weighted by molar-refractivity contribution is -0.119. The molecule has 1 aromatic carbocycles. The molecule has 2 aliphatic rings. The number of nitrogens with one attached hydrogen (secondary N) is 1. The summed E-state index contributed by atoms with van der Waals surface area (Å²) in [5.41, 5.74) is 0.980. The van der Waals surface area contributed by atoms with Crippen molar-refractivity contribution in [3.63, 3.8) is 0 Å². The van der Waals surface area contributed by atoms with Crippen LogP contribution in [0.4, 0.5) is 0 Å². The van der Waals surface area contributed by atoms with Crippen molar-refractivity contribution >= 4 is 27.5 Å². The Bertz CT molecular complexity index is 953. The van der Waals surface area contributed by atoms with Gasteiger partial charge in [0.25, 0.3) is 0 Å². The summed E-state index contributed by atoms with van der Waals surface area (Å²) in [5.74, 6) is 1.56. The molecule has 1 atom stereocenters. The molecule has 2 aromatic rings. The first-order valence-corrected chi connectivity index (χ1v) is 13.0. The molecule has 7 nitrogen and oxygen atoms in total. The quantitative estimate of drug-likeness (QED) is 0.703. The summed E-state index contributed by atoms with van der Waals surface area (Å²) >= 11 is 1.30. The highest BCUT2D eigenvalue weighted by Crippen LogP contribution is 2.33. The molecule has 2 fully saturated rings. The van der Waals surface area contributed by atoms with E-state index in [0.29, 0.717) is 17.5 Å². The minimum atomic E-state index is -3.00. The van der Waals surface area contributed by atoms with Crippen LogP contribution in [-0.4, -0.2) is 52.4 Å². The molecule has 2 heterocycles. The van der Waals surface area contributed by atoms with Crippen LogP contribution in [0.2, 0.25) is 0 Å². The van der Waals surface area contributed by atoms with Crippen molar-refractivity contribution in [1.29, 1.82) is 0 Å². The number of thioether (sulfide) groups is 1. The van der Waals surface area contributed by atoms with E-state index in [0.717, 1.165) is 24.4 Å². The number of benzene rings is 1. The number of amides is 1. The van der Waals surface area contributed by atoms with Gasteiger partial charge < -0.3 is 5.32 Å². The first-order valence-electron chi connectivity index (χ1n) is 10.2. The predicted molar refractivity (Wildman–Crippen MR) is 113 cm³/mol. The minimum absolute atomic E-state index is 0.0378. The monoisotopic (exact) mass is 434 g/mol. The van der Waals surface area contributed by atoms with Crippen LogP contribution in [0.5, 0.6) is 0 Å². The average Bonchev–Trinajstić information content (AvgIpc) is 3.31. The summed E-state index contributed by atoms with van der Waals surface area (Å²) in [6.07, 6.45) is 6.42. The van der Waals surface area contributed by atoms with Crippen molar-refractivity contribution in [2.75, 3.05) is 17.3 Å². The topological polar surface area (TPSA) is 93.9 Å². The second-order valence-electron chi connectivity index (χ2n) is 7.79. The van der Waals surface area contributed by atoms with E-state index >= 15 is 0 Å². The van der Waals surface area contributed by atoms with Crippen LogP contribution in [0.15, 0.2) is 35.5 Å². The van der Waals surface area contributed by atoms with Crippen molar-refractivity contribution in [2.24, 2.45) is 0 Å². The molecule has 156 valence electrons. The molecule has 1 saturated carbocycles. The minimum Gasteiger partial charge on any atom is -0.352 e. The Morgan fingerprint density at radius 2 is 1.90 bits per heavy atom. The van der Waals surface area contributed by atoms with Gasteiger partial charge in [-0.1, -0.05) is 49.2 Å². The van der Waals surface area contributed by atoms with E-state index < -0.39 is 9.84 Å². The largest absolute Gasteiger partial charge is 0.352 e. The molecule has 0 radical (unpaired) electrons. The number of rotatable bonds is 6. The second-order valence-corrected chi connectivity index (χ2v) is 11.0. The van der Waals surface area contributed by atoms with E-state index in [9.17, 15) is 13.2 Å². The Morgan fingerprint density at radius 1 is 1.14 bits per heavy atom. The van der Waals surface area contributed by atoms with Gasteiger partial charge in [0.05, 0.1) is 22.9 Å². The Balaban J connectivity index is 1.45. The van der Waals surface area contributed by atoms with Gasteiger partial charge >= 0.3 is 0 Å². The fourth-order valence-corrected chi connectivity index (χ4v) is 6.37. The molecule has 1 saturated heterocycles. The highest BCUT2D eigenvalue weighted by Gasteiger charge is 2.29. The Kier molecular flexibility index (Phi) is 6.24. The van der Waals surface area contributed by atoms with Crippen molar-refractivity contribution in [3.05, 3.63) is 36.2 Å². The lowest BCUT2D eigenvalue weighted by Crippen LogP contribution is -2.36. The van der Waals surface area contributed by atoms with Crippen LogP contribution < -0.4 is 5.32 Å². The predicted octanol–water partition coefficient (Wildman–Crippen LogP) is 2.71. The SMILES string of the molecule is O=C(CSc1nc(C2CCCCC2)n(-c2ccccc2)n1)N[C@H]1CCS(=O)(=O)C1. The van der Waals surface area contributed by atoms with Crippen LogP contribution in [-0.2, 0) is 14.6 Å². The summed E-state index contributed by atoms with van der Waals surface area (Å²) in [7, 11) is -3.00. The van der Waals surface area contributed by atoms with Crippen molar-refractivity contribution < 1.29 is 13.2 Å². The highest BCUT2D eigenvalue weighted by atomic mass is 32.2. The van der Waals surface area contributed by atoms with E-state index in [1.54, 1.807) is 0 Å². The van der Waals surface area contributed by atoms with Crippen LogP contribution in [0.25, 0.3) is 5.69 Å². The summed E-state index contributed by atoms with van der Waals surface area (Å²) < 4.78 is 25.0. The summed E-state index contributed by atoms with van der Waals surface area (Å²) in [6.45, 7) is 0. The van der Waals surface area contributed by atoms with Crippen LogP contribution in [0.3, 0.4) is 0 Å². The third-order valence-electron chi connectivity index (χ3n) is 5.51. The smallest absolute Gasteiger partial charge is 0.230 e. The molecule has 9 heteroatoms. The number of carbonyl (C=O) groups is 1. The molecular weight excluding hydrogens is 408 g/mol. The maximum absolute atomic E-state index is 12.3.